The van der Waals surface area contributed by atoms with E-state index in [1.807, 2.05) is 26.1 Å². The van der Waals surface area contributed by atoms with Crippen LogP contribution in [0.25, 0.3) is 0 Å². The van der Waals surface area contributed by atoms with Gasteiger partial charge in [0, 0.05) is 11.3 Å². The number of nitrogens with zero attached hydrogens (tertiary/aromatic N) is 1. The Hall–Kier alpha value is -2.82. The minimum atomic E-state index is -5.18. The monoisotopic (exact) mass is 365 g/mol. The standard InChI is InChI=1S/C18H18F3N3O2/c1-10-13(9-22)17(15(26)23-10,18(19,20)21)24-14(25)11-5-7-12(8-6-11)16(2,3)4/h5-8H,1-4H3,(H,23,26)(H,24,25)/t17-/m0/s1. The topological polar surface area (TPSA) is 82.0 Å². The van der Waals surface area contributed by atoms with Crippen molar-refractivity contribution >= 4 is 11.8 Å². The lowest BCUT2D eigenvalue weighted by atomic mass is 9.86. The summed E-state index contributed by atoms with van der Waals surface area (Å²) in [5.41, 5.74) is -3.84. The van der Waals surface area contributed by atoms with E-state index in [1.54, 1.807) is 17.4 Å². The van der Waals surface area contributed by atoms with Gasteiger partial charge in [0.15, 0.2) is 0 Å². The van der Waals surface area contributed by atoms with Crippen LogP contribution < -0.4 is 10.6 Å². The Morgan fingerprint density at radius 1 is 1.19 bits per heavy atom. The zero-order chi connectivity index (χ0) is 19.9. The molecule has 0 saturated carbocycles. The number of carbonyl (C=O) groups excluding carboxylic acids is 2. The van der Waals surface area contributed by atoms with Crippen LogP contribution in [0.2, 0.25) is 0 Å². The van der Waals surface area contributed by atoms with Crippen molar-refractivity contribution in [1.82, 2.24) is 10.6 Å². The van der Waals surface area contributed by atoms with Gasteiger partial charge >= 0.3 is 6.18 Å². The van der Waals surface area contributed by atoms with Gasteiger partial charge in [0.05, 0.1) is 11.6 Å². The van der Waals surface area contributed by atoms with Gasteiger partial charge in [-0.3, -0.25) is 9.59 Å². The molecule has 1 aromatic carbocycles. The van der Waals surface area contributed by atoms with Crippen molar-refractivity contribution in [3.8, 4) is 6.07 Å². The van der Waals surface area contributed by atoms with E-state index in [1.165, 1.54) is 25.1 Å². The van der Waals surface area contributed by atoms with Crippen molar-refractivity contribution in [2.45, 2.75) is 44.8 Å². The molecule has 2 N–H and O–H groups in total. The zero-order valence-electron chi connectivity index (χ0n) is 14.7. The maximum atomic E-state index is 13.7. The zero-order valence-corrected chi connectivity index (χ0v) is 14.7. The average molecular weight is 365 g/mol. The van der Waals surface area contributed by atoms with Gasteiger partial charge in [-0.2, -0.15) is 18.4 Å². The second-order valence-electron chi connectivity index (χ2n) is 7.10. The summed E-state index contributed by atoms with van der Waals surface area (Å²) in [6, 6.07) is 7.43. The van der Waals surface area contributed by atoms with Crippen molar-refractivity contribution in [2.75, 3.05) is 0 Å². The van der Waals surface area contributed by atoms with E-state index < -0.39 is 29.1 Å². The van der Waals surface area contributed by atoms with Crippen LogP contribution in [0, 0.1) is 11.3 Å². The predicted molar refractivity (Wildman–Crippen MR) is 87.8 cm³/mol. The molecule has 0 unspecified atom stereocenters. The molecule has 1 atom stereocenters. The van der Waals surface area contributed by atoms with Crippen molar-refractivity contribution in [3.05, 3.63) is 46.7 Å². The van der Waals surface area contributed by atoms with Gasteiger partial charge in [0.25, 0.3) is 17.4 Å². The molecule has 1 aromatic rings. The molecule has 1 aliphatic rings. The molecule has 2 amide bonds. The normalized spacial score (nSPS) is 20.6. The lowest BCUT2D eigenvalue weighted by molar-refractivity contribution is -0.184. The van der Waals surface area contributed by atoms with Crippen molar-refractivity contribution < 1.29 is 22.8 Å². The summed E-state index contributed by atoms with van der Waals surface area (Å²) in [6.45, 7) is 7.04. The first-order valence-corrected chi connectivity index (χ1v) is 7.77. The fraction of sp³-hybridized carbons (Fsp3) is 0.389. The van der Waals surface area contributed by atoms with Crippen LogP contribution in [0.15, 0.2) is 35.5 Å². The second-order valence-corrected chi connectivity index (χ2v) is 7.10. The summed E-state index contributed by atoms with van der Waals surface area (Å²) in [6.07, 6.45) is -5.18. The van der Waals surface area contributed by atoms with Crippen LogP contribution in [-0.2, 0) is 10.2 Å². The first-order valence-electron chi connectivity index (χ1n) is 7.77. The highest BCUT2D eigenvalue weighted by Crippen LogP contribution is 2.40. The number of carbonyl (C=O) groups is 2. The average Bonchev–Trinajstić information content (AvgIpc) is 2.76. The van der Waals surface area contributed by atoms with Crippen LogP contribution in [0.5, 0.6) is 0 Å². The molecule has 26 heavy (non-hydrogen) atoms. The largest absolute Gasteiger partial charge is 0.425 e. The minimum Gasteiger partial charge on any atom is -0.326 e. The number of hydrogen-bond donors (Lipinski definition) is 2. The molecule has 0 aliphatic carbocycles. The molecule has 5 nitrogen and oxygen atoms in total. The van der Waals surface area contributed by atoms with Crippen LogP contribution in [0.3, 0.4) is 0 Å². The lowest BCUT2D eigenvalue weighted by Gasteiger charge is -2.30. The van der Waals surface area contributed by atoms with Crippen LogP contribution in [0.4, 0.5) is 13.2 Å². The number of alkyl halides is 3. The summed E-state index contributed by atoms with van der Waals surface area (Å²) in [4.78, 5) is 24.4. The van der Waals surface area contributed by atoms with Gasteiger partial charge in [-0.05, 0) is 30.0 Å². The SMILES string of the molecule is CC1=C(C#N)[C@@](NC(=O)c2ccc(C(C)(C)C)cc2)(C(F)(F)F)C(=O)N1. The molecule has 0 aromatic heterocycles. The lowest BCUT2D eigenvalue weighted by Crippen LogP contribution is -2.64. The Morgan fingerprint density at radius 3 is 2.15 bits per heavy atom. The molecule has 1 heterocycles. The van der Waals surface area contributed by atoms with E-state index in [0.717, 1.165) is 5.56 Å². The predicted octanol–water partition coefficient (Wildman–Crippen LogP) is 2.94. The van der Waals surface area contributed by atoms with E-state index in [-0.39, 0.29) is 16.7 Å². The summed E-state index contributed by atoms with van der Waals surface area (Å²) >= 11 is 0. The van der Waals surface area contributed by atoms with Gasteiger partial charge < -0.3 is 10.6 Å². The van der Waals surface area contributed by atoms with Crippen molar-refractivity contribution in [1.29, 1.82) is 5.26 Å². The quantitative estimate of drug-likeness (QED) is 0.845. The van der Waals surface area contributed by atoms with Crippen LogP contribution in [-0.4, -0.2) is 23.5 Å². The Balaban J connectivity index is 2.44. The number of nitrogens with one attached hydrogen (secondary N) is 2. The maximum Gasteiger partial charge on any atom is 0.425 e. The molecule has 0 spiro atoms. The third-order valence-electron chi connectivity index (χ3n) is 4.24. The highest BCUT2D eigenvalue weighted by atomic mass is 19.4. The smallest absolute Gasteiger partial charge is 0.326 e. The van der Waals surface area contributed by atoms with Gasteiger partial charge in [-0.25, -0.2) is 0 Å². The van der Waals surface area contributed by atoms with Crippen molar-refractivity contribution in [2.24, 2.45) is 0 Å². The molecule has 0 fully saturated rings. The summed E-state index contributed by atoms with van der Waals surface area (Å²) in [7, 11) is 0. The van der Waals surface area contributed by atoms with Gasteiger partial charge in [0.2, 0.25) is 0 Å². The van der Waals surface area contributed by atoms with Crippen LogP contribution in [0.1, 0.15) is 43.6 Å². The van der Waals surface area contributed by atoms with E-state index in [4.69, 9.17) is 5.26 Å². The van der Waals surface area contributed by atoms with E-state index in [2.05, 4.69) is 0 Å². The fourth-order valence-corrected chi connectivity index (χ4v) is 2.71. The maximum absolute atomic E-state index is 13.7. The molecular weight excluding hydrogens is 347 g/mol. The molecule has 0 bridgehead atoms. The Kier molecular flexibility index (Phi) is 4.62. The third-order valence-corrected chi connectivity index (χ3v) is 4.24. The number of hydrogen-bond acceptors (Lipinski definition) is 3. The first kappa shape index (κ1) is 19.5. The fourth-order valence-electron chi connectivity index (χ4n) is 2.71. The first-order chi connectivity index (χ1) is 11.8. The molecule has 138 valence electrons. The number of nitriles is 1. The number of rotatable bonds is 2. The minimum absolute atomic E-state index is 0.0451. The van der Waals surface area contributed by atoms with Crippen LogP contribution >= 0.6 is 0 Å². The van der Waals surface area contributed by atoms with Gasteiger partial charge in [-0.1, -0.05) is 32.9 Å². The highest BCUT2D eigenvalue weighted by Gasteiger charge is 2.67. The Morgan fingerprint density at radius 2 is 1.73 bits per heavy atom. The molecule has 8 heteroatoms. The summed E-state index contributed by atoms with van der Waals surface area (Å²) in [5, 5.41) is 12.8. The van der Waals surface area contributed by atoms with Crippen molar-refractivity contribution in [3.63, 3.8) is 0 Å². The second kappa shape index (κ2) is 6.16. The van der Waals surface area contributed by atoms with Gasteiger partial charge in [-0.15, -0.1) is 0 Å². The summed E-state index contributed by atoms with van der Waals surface area (Å²) in [5.74, 6) is -2.60. The molecule has 1 aliphatic heterocycles. The number of allylic oxidation sites excluding steroid dienone is 1. The highest BCUT2D eigenvalue weighted by molar-refractivity contribution is 6.04. The Labute approximate surface area is 148 Å². The number of benzene rings is 1. The van der Waals surface area contributed by atoms with E-state index >= 15 is 0 Å². The molecule has 0 saturated heterocycles. The number of amides is 2. The molecule has 0 radical (unpaired) electrons. The summed E-state index contributed by atoms with van der Waals surface area (Å²) < 4.78 is 41.1. The molecule has 2 rings (SSSR count). The Bertz CT molecular complexity index is 827. The van der Waals surface area contributed by atoms with E-state index in [0.29, 0.717) is 0 Å². The number of halogens is 3. The van der Waals surface area contributed by atoms with Gasteiger partial charge in [0.1, 0.15) is 0 Å². The molecular formula is C18H18F3N3O2. The van der Waals surface area contributed by atoms with E-state index in [9.17, 15) is 22.8 Å². The third kappa shape index (κ3) is 3.05.